The van der Waals surface area contributed by atoms with Crippen LogP contribution in [0.1, 0.15) is 53.4 Å². The fraction of sp³-hybridized carbons (Fsp3) is 0.929. The molecule has 100 valence electrons. The van der Waals surface area contributed by atoms with Crippen molar-refractivity contribution in [2.75, 3.05) is 13.1 Å². The van der Waals surface area contributed by atoms with E-state index in [9.17, 15) is 9.90 Å². The highest BCUT2D eigenvalue weighted by molar-refractivity contribution is 5.79. The molecule has 1 saturated carbocycles. The van der Waals surface area contributed by atoms with Crippen LogP contribution in [0, 0.1) is 11.8 Å². The standard InChI is InChI=1S/C14H27NO2/c1-5-15(6-2)14(13(16)17)10-8-7-9-12(14)11(3)4/h11-12H,5-10H2,1-4H3,(H,16,17). The Kier molecular flexibility index (Phi) is 4.99. The summed E-state index contributed by atoms with van der Waals surface area (Å²) in [4.78, 5) is 14.1. The monoisotopic (exact) mass is 241 g/mol. The third-order valence-electron chi connectivity index (χ3n) is 4.44. The number of carbonyl (C=O) groups is 1. The van der Waals surface area contributed by atoms with E-state index in [0.717, 1.165) is 32.4 Å². The molecular formula is C14H27NO2. The molecule has 0 aromatic carbocycles. The number of carboxylic acids is 1. The van der Waals surface area contributed by atoms with E-state index in [2.05, 4.69) is 32.6 Å². The maximum absolute atomic E-state index is 11.9. The second-order valence-electron chi connectivity index (χ2n) is 5.50. The van der Waals surface area contributed by atoms with Gasteiger partial charge in [-0.15, -0.1) is 0 Å². The summed E-state index contributed by atoms with van der Waals surface area (Å²) in [6.07, 6.45) is 4.10. The van der Waals surface area contributed by atoms with Gasteiger partial charge in [-0.05, 0) is 37.8 Å². The van der Waals surface area contributed by atoms with Crippen LogP contribution in [0.3, 0.4) is 0 Å². The Morgan fingerprint density at radius 3 is 2.35 bits per heavy atom. The van der Waals surface area contributed by atoms with Crippen LogP contribution in [-0.4, -0.2) is 34.6 Å². The third-order valence-corrected chi connectivity index (χ3v) is 4.44. The molecule has 17 heavy (non-hydrogen) atoms. The van der Waals surface area contributed by atoms with E-state index >= 15 is 0 Å². The minimum atomic E-state index is -0.615. The number of aliphatic carboxylic acids is 1. The van der Waals surface area contributed by atoms with Crippen molar-refractivity contribution in [1.82, 2.24) is 4.90 Å². The molecule has 0 aromatic heterocycles. The first-order valence-electron chi connectivity index (χ1n) is 6.99. The smallest absolute Gasteiger partial charge is 0.324 e. The molecule has 1 aliphatic carbocycles. The van der Waals surface area contributed by atoms with E-state index in [-0.39, 0.29) is 5.92 Å². The van der Waals surface area contributed by atoms with Crippen molar-refractivity contribution in [3.63, 3.8) is 0 Å². The minimum absolute atomic E-state index is 0.286. The van der Waals surface area contributed by atoms with Crippen LogP contribution in [0.25, 0.3) is 0 Å². The van der Waals surface area contributed by atoms with Gasteiger partial charge in [-0.3, -0.25) is 9.69 Å². The lowest BCUT2D eigenvalue weighted by Crippen LogP contribution is -2.61. The topological polar surface area (TPSA) is 40.5 Å². The highest BCUT2D eigenvalue weighted by Gasteiger charge is 2.51. The van der Waals surface area contributed by atoms with Crippen LogP contribution in [0.15, 0.2) is 0 Å². The summed E-state index contributed by atoms with van der Waals surface area (Å²) >= 11 is 0. The molecule has 0 amide bonds. The van der Waals surface area contributed by atoms with E-state index in [4.69, 9.17) is 0 Å². The summed E-state index contributed by atoms with van der Waals surface area (Å²) in [5, 5.41) is 9.80. The molecule has 0 spiro atoms. The first-order valence-corrected chi connectivity index (χ1v) is 6.99. The molecule has 0 bridgehead atoms. The van der Waals surface area contributed by atoms with Crippen LogP contribution in [0.2, 0.25) is 0 Å². The van der Waals surface area contributed by atoms with Gasteiger partial charge in [0.15, 0.2) is 0 Å². The van der Waals surface area contributed by atoms with Gasteiger partial charge in [-0.2, -0.15) is 0 Å². The number of likely N-dealkylation sites (N-methyl/N-ethyl adjacent to an activating group) is 1. The van der Waals surface area contributed by atoms with Crippen molar-refractivity contribution in [1.29, 1.82) is 0 Å². The summed E-state index contributed by atoms with van der Waals surface area (Å²) < 4.78 is 0. The van der Waals surface area contributed by atoms with Crippen molar-refractivity contribution in [3.8, 4) is 0 Å². The molecule has 2 atom stereocenters. The van der Waals surface area contributed by atoms with E-state index in [1.54, 1.807) is 0 Å². The number of hydrogen-bond donors (Lipinski definition) is 1. The zero-order valence-corrected chi connectivity index (χ0v) is 11.7. The number of hydrogen-bond acceptors (Lipinski definition) is 2. The molecule has 0 saturated heterocycles. The lowest BCUT2D eigenvalue weighted by molar-refractivity contribution is -0.161. The van der Waals surface area contributed by atoms with Crippen LogP contribution in [-0.2, 0) is 4.79 Å². The largest absolute Gasteiger partial charge is 0.480 e. The van der Waals surface area contributed by atoms with Crippen LogP contribution >= 0.6 is 0 Å². The Bertz CT molecular complexity index is 261. The van der Waals surface area contributed by atoms with E-state index < -0.39 is 11.5 Å². The Morgan fingerprint density at radius 1 is 1.35 bits per heavy atom. The van der Waals surface area contributed by atoms with E-state index in [0.29, 0.717) is 5.92 Å². The average molecular weight is 241 g/mol. The average Bonchev–Trinajstić information content (AvgIpc) is 2.30. The molecule has 1 N–H and O–H groups in total. The van der Waals surface area contributed by atoms with Gasteiger partial charge in [0.25, 0.3) is 0 Å². The van der Waals surface area contributed by atoms with E-state index in [1.165, 1.54) is 6.42 Å². The zero-order chi connectivity index (χ0) is 13.1. The van der Waals surface area contributed by atoms with Gasteiger partial charge in [0.1, 0.15) is 5.54 Å². The van der Waals surface area contributed by atoms with Gasteiger partial charge < -0.3 is 5.11 Å². The molecule has 2 unspecified atom stereocenters. The van der Waals surface area contributed by atoms with Crippen LogP contribution < -0.4 is 0 Å². The summed E-state index contributed by atoms with van der Waals surface area (Å²) in [7, 11) is 0. The Balaban J connectivity index is 3.13. The van der Waals surface area contributed by atoms with Crippen molar-refractivity contribution in [2.45, 2.75) is 58.9 Å². The Labute approximate surface area is 105 Å². The lowest BCUT2D eigenvalue weighted by atomic mass is 9.67. The SMILES string of the molecule is CCN(CC)C1(C(=O)O)CCCCC1C(C)C. The van der Waals surface area contributed by atoms with Crippen molar-refractivity contribution < 1.29 is 9.90 Å². The van der Waals surface area contributed by atoms with Crippen molar-refractivity contribution in [3.05, 3.63) is 0 Å². The fourth-order valence-corrected chi connectivity index (χ4v) is 3.65. The maximum atomic E-state index is 11.9. The summed E-state index contributed by atoms with van der Waals surface area (Å²) in [5.74, 6) is 0.111. The quantitative estimate of drug-likeness (QED) is 0.804. The number of rotatable bonds is 5. The van der Waals surface area contributed by atoms with Crippen LogP contribution in [0.4, 0.5) is 0 Å². The second-order valence-corrected chi connectivity index (χ2v) is 5.50. The normalized spacial score (nSPS) is 29.9. The number of carboxylic acid groups (broad SMARTS) is 1. The highest BCUT2D eigenvalue weighted by atomic mass is 16.4. The lowest BCUT2D eigenvalue weighted by Gasteiger charge is -2.49. The predicted molar refractivity (Wildman–Crippen MR) is 70.1 cm³/mol. The van der Waals surface area contributed by atoms with Gasteiger partial charge >= 0.3 is 5.97 Å². The van der Waals surface area contributed by atoms with Gasteiger partial charge in [-0.25, -0.2) is 0 Å². The van der Waals surface area contributed by atoms with Gasteiger partial charge in [0, 0.05) is 0 Å². The molecule has 0 aromatic rings. The Morgan fingerprint density at radius 2 is 1.94 bits per heavy atom. The minimum Gasteiger partial charge on any atom is -0.480 e. The first kappa shape index (κ1) is 14.5. The molecule has 3 heteroatoms. The van der Waals surface area contributed by atoms with Gasteiger partial charge in [0.05, 0.1) is 0 Å². The summed E-state index contributed by atoms with van der Waals surface area (Å²) in [6.45, 7) is 10.1. The molecule has 1 fully saturated rings. The van der Waals surface area contributed by atoms with E-state index in [1.807, 2.05) is 0 Å². The molecule has 0 heterocycles. The van der Waals surface area contributed by atoms with Gasteiger partial charge in [-0.1, -0.05) is 40.5 Å². The summed E-state index contributed by atoms with van der Waals surface area (Å²) in [6, 6.07) is 0. The molecule has 1 aliphatic rings. The molecular weight excluding hydrogens is 214 g/mol. The molecule has 3 nitrogen and oxygen atoms in total. The van der Waals surface area contributed by atoms with Crippen LogP contribution in [0.5, 0.6) is 0 Å². The zero-order valence-electron chi connectivity index (χ0n) is 11.7. The van der Waals surface area contributed by atoms with Crippen molar-refractivity contribution in [2.24, 2.45) is 11.8 Å². The maximum Gasteiger partial charge on any atom is 0.324 e. The third kappa shape index (κ3) is 2.49. The Hall–Kier alpha value is -0.570. The summed E-state index contributed by atoms with van der Waals surface area (Å²) in [5.41, 5.74) is -0.615. The number of nitrogens with zero attached hydrogens (tertiary/aromatic N) is 1. The highest BCUT2D eigenvalue weighted by Crippen LogP contribution is 2.42. The van der Waals surface area contributed by atoms with Crippen molar-refractivity contribution >= 4 is 5.97 Å². The fourth-order valence-electron chi connectivity index (χ4n) is 3.65. The molecule has 0 radical (unpaired) electrons. The molecule has 0 aliphatic heterocycles. The van der Waals surface area contributed by atoms with Gasteiger partial charge in [0.2, 0.25) is 0 Å². The predicted octanol–water partition coefficient (Wildman–Crippen LogP) is 3.00. The molecule has 1 rings (SSSR count). The first-order chi connectivity index (χ1) is 8.00. The second kappa shape index (κ2) is 5.85.